The first kappa shape index (κ1) is 71.7. The second-order valence-corrected chi connectivity index (χ2v) is 30.1. The SMILES string of the molecule is CC1(C)OB(c2ccc(CBr)cc2)OC1(C)C.CC1(C)OB(c2ccc(COc3ccc4nc(C#N)sc4c3)cc2)OC1(C)C.Cc1ccc2nc(C#N)sc2c1.N#Cc1nc2ccc(O)cc2s1.O=C(O)[C@H]1CSC(c2nc3ccc(OCc4ccc(B(O)O)cc4)cc3s2)=N1. The number of phenolic OH excluding ortho intramolecular Hbond substituents is 1. The summed E-state index contributed by atoms with van der Waals surface area (Å²) in [5, 5.41) is 66.2. The number of carboxylic acid groups (broad SMARTS) is 1. The molecule has 2 fully saturated rings. The molecule has 2 saturated heterocycles. The highest BCUT2D eigenvalue weighted by molar-refractivity contribution is 9.08. The quantitative estimate of drug-likeness (QED) is 0.0653. The predicted molar refractivity (Wildman–Crippen MR) is 391 cm³/mol. The van der Waals surface area contributed by atoms with Gasteiger partial charge in [0, 0.05) is 11.1 Å². The van der Waals surface area contributed by atoms with E-state index in [0.717, 1.165) is 79.0 Å². The van der Waals surface area contributed by atoms with Crippen LogP contribution in [0.5, 0.6) is 17.2 Å². The molecule has 4 N–H and O–H groups in total. The van der Waals surface area contributed by atoms with Crippen LogP contribution in [0.4, 0.5) is 0 Å². The Hall–Kier alpha value is -8.11. The van der Waals surface area contributed by atoms with Gasteiger partial charge in [-0.05, 0) is 168 Å². The molecule has 7 heterocycles. The number of thiazole rings is 4. The first-order valence-electron chi connectivity index (χ1n) is 30.3. The van der Waals surface area contributed by atoms with Gasteiger partial charge >= 0.3 is 27.3 Å². The minimum Gasteiger partial charge on any atom is -0.508 e. The van der Waals surface area contributed by atoms with E-state index in [1.54, 1.807) is 42.5 Å². The van der Waals surface area contributed by atoms with E-state index < -0.39 is 19.1 Å². The summed E-state index contributed by atoms with van der Waals surface area (Å²) in [7, 11) is -2.10. The summed E-state index contributed by atoms with van der Waals surface area (Å²) in [5.41, 5.74) is 9.01. The molecule has 28 heteroatoms. The Kier molecular flexibility index (Phi) is 22.7. The molecule has 1 atom stereocenters. The van der Waals surface area contributed by atoms with Gasteiger partial charge in [-0.15, -0.1) is 57.1 Å². The van der Waals surface area contributed by atoms with Crippen molar-refractivity contribution in [2.75, 3.05) is 5.75 Å². The van der Waals surface area contributed by atoms with E-state index in [1.807, 2.05) is 97.9 Å². The number of hydrogen-bond acceptors (Lipinski definition) is 23. The van der Waals surface area contributed by atoms with Crippen LogP contribution in [-0.4, -0.2) is 107 Å². The molecule has 0 radical (unpaired) electrons. The van der Waals surface area contributed by atoms with Crippen molar-refractivity contribution in [3.8, 4) is 35.5 Å². The lowest BCUT2D eigenvalue weighted by Crippen LogP contribution is -2.41. The third-order valence-corrected chi connectivity index (χ3v) is 21.9. The molecule has 97 heavy (non-hydrogen) atoms. The number of aryl methyl sites for hydroxylation is 1. The molecular formula is C69H64B3BrN8O11S5. The Morgan fingerprint density at radius 1 is 0.567 bits per heavy atom. The van der Waals surface area contributed by atoms with E-state index in [0.29, 0.717) is 50.2 Å². The zero-order valence-corrected chi connectivity index (χ0v) is 59.8. The van der Waals surface area contributed by atoms with Crippen LogP contribution >= 0.6 is 73.0 Å². The number of rotatable bonds is 12. The van der Waals surface area contributed by atoms with Crippen LogP contribution in [0.1, 0.15) is 97.7 Å². The van der Waals surface area contributed by atoms with Crippen molar-refractivity contribution in [2.24, 2.45) is 4.99 Å². The van der Waals surface area contributed by atoms with Gasteiger partial charge in [0.1, 0.15) is 58.7 Å². The highest BCUT2D eigenvalue weighted by atomic mass is 79.9. The molecule has 11 aromatic rings. The molecule has 14 rings (SSSR count). The third-order valence-electron chi connectivity index (χ3n) is 16.3. The number of fused-ring (bicyclic) bond motifs is 4. The first-order chi connectivity index (χ1) is 46.2. The zero-order chi connectivity index (χ0) is 69.4. The van der Waals surface area contributed by atoms with E-state index in [1.165, 1.54) is 68.2 Å². The van der Waals surface area contributed by atoms with Gasteiger partial charge in [0.15, 0.2) is 21.1 Å². The van der Waals surface area contributed by atoms with Crippen molar-refractivity contribution in [1.29, 1.82) is 15.8 Å². The van der Waals surface area contributed by atoms with Gasteiger partial charge in [-0.1, -0.05) is 94.8 Å². The molecule has 19 nitrogen and oxygen atoms in total. The lowest BCUT2D eigenvalue weighted by atomic mass is 9.79. The van der Waals surface area contributed by atoms with Gasteiger partial charge in [0.2, 0.25) is 0 Å². The third kappa shape index (κ3) is 17.8. The normalized spacial score (nSPS) is 16.1. The van der Waals surface area contributed by atoms with Gasteiger partial charge in [0.05, 0.1) is 63.3 Å². The molecule has 0 saturated carbocycles. The Bertz CT molecular complexity index is 4670. The summed E-state index contributed by atoms with van der Waals surface area (Å²) in [6.45, 7) is 19.3. The van der Waals surface area contributed by atoms with Crippen LogP contribution in [0.15, 0.2) is 151 Å². The van der Waals surface area contributed by atoms with Crippen LogP contribution in [-0.2, 0) is 42.0 Å². The minimum absolute atomic E-state index is 0.204. The molecule has 0 unspecified atom stereocenters. The fraction of sp³-hybridized carbons (Fsp3) is 0.261. The number of phenols is 1. The second-order valence-electron chi connectivity index (χ2n) is 24.4. The average Bonchev–Trinajstić information content (AvgIpc) is 1.66. The van der Waals surface area contributed by atoms with Crippen LogP contribution in [0.25, 0.3) is 40.9 Å². The van der Waals surface area contributed by atoms with Crippen LogP contribution < -0.4 is 25.9 Å². The standard InChI is InChI=1S/C21H21BN2O3S.C18H15BN2O5S2.C13H18BBrO2.C9H6N2S.C8H4N2OS/c1-20(2)21(3,4)27-22(26-20)15-7-5-14(6-8-15)13-25-16-9-10-17-18(11-16)28-19(12-23)24-17;22-18(23)14-9-27-16(21-14)17-20-13-6-5-12(7-15(13)28-17)26-8-10-1-3-11(4-2-10)19(24)25;1-12(2)13(3,4)17-14(16-12)11-7-5-10(9-15)6-8-11;1-6-2-3-7-8(4-6)12-9(5-10)11-7;9-4-8-10-6-2-1-5(11)3-7(6)12-8/h5-11H,13H2,1-4H3;1-7,14,24-25H,8-9H2,(H,22,23);5-8H,9H2,1-4H3;2-4H,1H3;1-3,11H/t;14-;;;/m.1.../s1. The topological polar surface area (TPSA) is 289 Å². The number of aliphatic imine (C=N–C) groups is 1. The number of thioether (sulfide) groups is 1. The molecule has 492 valence electrons. The Morgan fingerprint density at radius 2 is 0.969 bits per heavy atom. The monoisotopic (exact) mass is 1450 g/mol. The number of carboxylic acids is 1. The van der Waals surface area contributed by atoms with Gasteiger partial charge in [-0.2, -0.15) is 15.8 Å². The number of aromatic hydroxyl groups is 1. The Labute approximate surface area is 590 Å². The van der Waals surface area contributed by atoms with E-state index in [4.69, 9.17) is 64.1 Å². The zero-order valence-electron chi connectivity index (χ0n) is 54.1. The number of alkyl halides is 1. The predicted octanol–water partition coefficient (Wildman–Crippen LogP) is 12.8. The molecule has 4 aromatic heterocycles. The maximum absolute atomic E-state index is 11.1. The van der Waals surface area contributed by atoms with E-state index in [2.05, 4.69) is 127 Å². The largest absolute Gasteiger partial charge is 0.508 e. The molecule has 0 amide bonds. The number of benzene rings is 7. The molecule has 3 aliphatic rings. The van der Waals surface area contributed by atoms with Crippen LogP contribution in [0, 0.1) is 40.9 Å². The van der Waals surface area contributed by atoms with Crippen molar-refractivity contribution in [3.63, 3.8) is 0 Å². The molecular weight excluding hydrogens is 1390 g/mol. The summed E-state index contributed by atoms with van der Waals surface area (Å²) in [6, 6.07) is 50.8. The second kappa shape index (κ2) is 30.8. The fourth-order valence-electron chi connectivity index (χ4n) is 9.40. The number of hydrogen-bond donors (Lipinski definition) is 4. The van der Waals surface area contributed by atoms with Gasteiger partial charge in [-0.25, -0.2) is 24.7 Å². The summed E-state index contributed by atoms with van der Waals surface area (Å²) in [6.07, 6.45) is 0. The summed E-state index contributed by atoms with van der Waals surface area (Å²) < 4.78 is 39.7. The molecule has 0 bridgehead atoms. The number of ether oxygens (including phenoxy) is 2. The lowest BCUT2D eigenvalue weighted by molar-refractivity contribution is -0.137. The molecule has 3 aliphatic heterocycles. The van der Waals surface area contributed by atoms with Crippen molar-refractivity contribution >= 4 is 163 Å². The minimum atomic E-state index is -1.48. The van der Waals surface area contributed by atoms with Crippen LogP contribution in [0.2, 0.25) is 0 Å². The van der Waals surface area contributed by atoms with E-state index in [-0.39, 0.29) is 42.4 Å². The van der Waals surface area contributed by atoms with E-state index in [9.17, 15) is 4.79 Å². The highest BCUT2D eigenvalue weighted by Crippen LogP contribution is 2.39. The summed E-state index contributed by atoms with van der Waals surface area (Å²) in [4.78, 5) is 32.2. The van der Waals surface area contributed by atoms with Crippen molar-refractivity contribution < 1.29 is 53.1 Å². The Balaban J connectivity index is 0.000000138. The summed E-state index contributed by atoms with van der Waals surface area (Å²) >= 11 is 10.4. The molecule has 7 aromatic carbocycles. The summed E-state index contributed by atoms with van der Waals surface area (Å²) in [5.74, 6) is 1.17. The highest BCUT2D eigenvalue weighted by Gasteiger charge is 2.52. The smallest absolute Gasteiger partial charge is 0.494 e. The lowest BCUT2D eigenvalue weighted by Gasteiger charge is -2.32. The maximum Gasteiger partial charge on any atom is 0.494 e. The number of aromatic nitrogens is 4. The average molecular weight is 1450 g/mol. The van der Waals surface area contributed by atoms with Crippen molar-refractivity contribution in [2.45, 2.75) is 109 Å². The number of aliphatic carboxylic acids is 1. The number of nitriles is 3. The number of nitrogens with zero attached hydrogens (tertiary/aromatic N) is 8. The van der Waals surface area contributed by atoms with Crippen molar-refractivity contribution in [1.82, 2.24) is 19.9 Å². The van der Waals surface area contributed by atoms with Crippen LogP contribution in [0.3, 0.4) is 0 Å². The van der Waals surface area contributed by atoms with Gasteiger partial charge < -0.3 is 48.4 Å². The van der Waals surface area contributed by atoms with Gasteiger partial charge in [-0.3, -0.25) is 4.99 Å². The molecule has 0 spiro atoms. The van der Waals surface area contributed by atoms with Gasteiger partial charge in [0.25, 0.3) is 0 Å². The maximum atomic E-state index is 11.1. The number of carbonyl (C=O) groups is 1. The fourth-order valence-corrected chi connectivity index (χ4v) is 14.3. The van der Waals surface area contributed by atoms with Crippen molar-refractivity contribution in [3.05, 3.63) is 188 Å². The molecule has 0 aliphatic carbocycles. The number of halogens is 1. The Morgan fingerprint density at radius 3 is 1.40 bits per heavy atom. The first-order valence-corrected chi connectivity index (χ1v) is 35.7. The van der Waals surface area contributed by atoms with E-state index >= 15 is 0 Å².